The van der Waals surface area contributed by atoms with E-state index in [2.05, 4.69) is 27.6 Å². The molecule has 1 aliphatic heterocycles. The first-order valence-corrected chi connectivity index (χ1v) is 9.33. The Morgan fingerprint density at radius 2 is 2.04 bits per heavy atom. The summed E-state index contributed by atoms with van der Waals surface area (Å²) in [6.07, 6.45) is 5.34. The van der Waals surface area contributed by atoms with Crippen LogP contribution in [0.25, 0.3) is 10.9 Å². The summed E-state index contributed by atoms with van der Waals surface area (Å²) in [6, 6.07) is 11.9. The predicted molar refractivity (Wildman–Crippen MR) is 104 cm³/mol. The number of aryl methyl sites for hydroxylation is 2. The molecule has 2 aliphatic rings. The van der Waals surface area contributed by atoms with E-state index in [9.17, 15) is 9.59 Å². The van der Waals surface area contributed by atoms with Crippen LogP contribution in [0.3, 0.4) is 0 Å². The maximum absolute atomic E-state index is 12.7. The van der Waals surface area contributed by atoms with Crippen molar-refractivity contribution in [3.05, 3.63) is 53.7 Å². The van der Waals surface area contributed by atoms with Crippen LogP contribution >= 0.6 is 0 Å². The van der Waals surface area contributed by atoms with E-state index in [0.717, 1.165) is 35.1 Å². The molecule has 3 aromatic rings. The summed E-state index contributed by atoms with van der Waals surface area (Å²) in [5.41, 5.74) is 5.27. The molecular weight excluding hydrogens is 340 g/mol. The van der Waals surface area contributed by atoms with Crippen molar-refractivity contribution in [3.8, 4) is 0 Å². The van der Waals surface area contributed by atoms with Gasteiger partial charge in [0, 0.05) is 29.7 Å². The second kappa shape index (κ2) is 6.23. The van der Waals surface area contributed by atoms with Crippen LogP contribution < -0.4 is 10.2 Å². The average molecular weight is 360 g/mol. The highest BCUT2D eigenvalue weighted by molar-refractivity contribution is 6.04. The molecule has 0 spiro atoms. The summed E-state index contributed by atoms with van der Waals surface area (Å²) < 4.78 is 0. The summed E-state index contributed by atoms with van der Waals surface area (Å²) >= 11 is 0. The highest BCUT2D eigenvalue weighted by atomic mass is 16.2. The molecule has 2 heterocycles. The Bertz CT molecular complexity index is 1060. The Kier molecular flexibility index (Phi) is 3.70. The molecule has 1 aliphatic carbocycles. The molecule has 1 fully saturated rings. The van der Waals surface area contributed by atoms with Crippen LogP contribution in [-0.2, 0) is 22.4 Å². The van der Waals surface area contributed by atoms with E-state index in [0.29, 0.717) is 6.54 Å². The number of benzene rings is 2. The van der Waals surface area contributed by atoms with Crippen LogP contribution in [0.15, 0.2) is 42.6 Å². The SMILES string of the molecule is O=C(Nc1ccc2[nH]ncc2c1)C1CC(=O)N(c2ccc3c(c2)CCC3)C1. The number of H-pyrrole nitrogens is 1. The van der Waals surface area contributed by atoms with Crippen LogP contribution in [0.5, 0.6) is 0 Å². The molecule has 27 heavy (non-hydrogen) atoms. The van der Waals surface area contributed by atoms with Crippen LogP contribution in [0.4, 0.5) is 11.4 Å². The smallest absolute Gasteiger partial charge is 0.229 e. The third-order valence-electron chi connectivity index (χ3n) is 5.60. The topological polar surface area (TPSA) is 78.1 Å². The Hall–Kier alpha value is -3.15. The molecule has 1 aromatic heterocycles. The van der Waals surface area contributed by atoms with Gasteiger partial charge in [0.25, 0.3) is 0 Å². The minimum absolute atomic E-state index is 0.0124. The van der Waals surface area contributed by atoms with Gasteiger partial charge in [0.1, 0.15) is 0 Å². The van der Waals surface area contributed by atoms with Crippen molar-refractivity contribution < 1.29 is 9.59 Å². The molecule has 2 aromatic carbocycles. The van der Waals surface area contributed by atoms with Crippen molar-refractivity contribution in [3.63, 3.8) is 0 Å². The molecule has 2 amide bonds. The number of anilines is 2. The fraction of sp³-hybridized carbons (Fsp3) is 0.286. The van der Waals surface area contributed by atoms with E-state index in [-0.39, 0.29) is 24.2 Å². The second-order valence-electron chi connectivity index (χ2n) is 7.37. The number of fused-ring (bicyclic) bond motifs is 2. The third-order valence-corrected chi connectivity index (χ3v) is 5.60. The normalized spacial score (nSPS) is 18.9. The Balaban J connectivity index is 1.31. The number of amides is 2. The maximum Gasteiger partial charge on any atom is 0.229 e. The highest BCUT2D eigenvalue weighted by Crippen LogP contribution is 2.31. The number of carbonyl (C=O) groups excluding carboxylic acids is 2. The zero-order chi connectivity index (χ0) is 18.4. The van der Waals surface area contributed by atoms with E-state index < -0.39 is 0 Å². The quantitative estimate of drug-likeness (QED) is 0.754. The van der Waals surface area contributed by atoms with Gasteiger partial charge in [-0.2, -0.15) is 5.10 Å². The van der Waals surface area contributed by atoms with Gasteiger partial charge in [-0.3, -0.25) is 14.7 Å². The van der Waals surface area contributed by atoms with Crippen molar-refractivity contribution in [2.75, 3.05) is 16.8 Å². The summed E-state index contributed by atoms with van der Waals surface area (Å²) in [7, 11) is 0. The Morgan fingerprint density at radius 1 is 1.15 bits per heavy atom. The zero-order valence-corrected chi connectivity index (χ0v) is 14.9. The van der Waals surface area contributed by atoms with Gasteiger partial charge in [-0.1, -0.05) is 6.07 Å². The monoisotopic (exact) mass is 360 g/mol. The van der Waals surface area contributed by atoms with Gasteiger partial charge < -0.3 is 10.2 Å². The van der Waals surface area contributed by atoms with Crippen molar-refractivity contribution in [1.82, 2.24) is 10.2 Å². The average Bonchev–Trinajstić information content (AvgIpc) is 3.39. The minimum atomic E-state index is -0.342. The number of aromatic nitrogens is 2. The zero-order valence-electron chi connectivity index (χ0n) is 14.9. The molecule has 5 rings (SSSR count). The van der Waals surface area contributed by atoms with E-state index in [1.165, 1.54) is 17.5 Å². The molecule has 1 unspecified atom stereocenters. The number of carbonyl (C=O) groups is 2. The first-order chi connectivity index (χ1) is 13.2. The summed E-state index contributed by atoms with van der Waals surface area (Å²) in [4.78, 5) is 27.0. The van der Waals surface area contributed by atoms with Gasteiger partial charge >= 0.3 is 0 Å². The number of aromatic amines is 1. The third kappa shape index (κ3) is 2.87. The Morgan fingerprint density at radius 3 is 2.96 bits per heavy atom. The lowest BCUT2D eigenvalue weighted by molar-refractivity contribution is -0.122. The number of nitrogens with zero attached hydrogens (tertiary/aromatic N) is 2. The minimum Gasteiger partial charge on any atom is -0.326 e. The van der Waals surface area contributed by atoms with Gasteiger partial charge in [0.2, 0.25) is 11.8 Å². The van der Waals surface area contributed by atoms with Gasteiger partial charge in [-0.15, -0.1) is 0 Å². The van der Waals surface area contributed by atoms with Crippen LogP contribution in [0.2, 0.25) is 0 Å². The number of nitrogens with one attached hydrogen (secondary N) is 2. The van der Waals surface area contributed by atoms with E-state index in [4.69, 9.17) is 0 Å². The van der Waals surface area contributed by atoms with Gasteiger partial charge in [0.05, 0.1) is 17.6 Å². The lowest BCUT2D eigenvalue weighted by Crippen LogP contribution is -2.28. The molecule has 0 radical (unpaired) electrons. The summed E-state index contributed by atoms with van der Waals surface area (Å²) in [5.74, 6) is -0.445. The molecule has 2 N–H and O–H groups in total. The maximum atomic E-state index is 12.7. The van der Waals surface area contributed by atoms with Crippen LogP contribution in [0, 0.1) is 5.92 Å². The van der Waals surface area contributed by atoms with E-state index in [1.807, 2.05) is 24.3 Å². The second-order valence-corrected chi connectivity index (χ2v) is 7.37. The predicted octanol–water partition coefficient (Wildman–Crippen LogP) is 3.04. The van der Waals surface area contributed by atoms with Gasteiger partial charge in [-0.25, -0.2) is 0 Å². The van der Waals surface area contributed by atoms with Crippen LogP contribution in [-0.4, -0.2) is 28.6 Å². The molecule has 6 nitrogen and oxygen atoms in total. The fourth-order valence-electron chi connectivity index (χ4n) is 4.12. The standard InChI is InChI=1S/C21H20N4O2/c26-20-10-16(12-25(20)18-6-4-13-2-1-3-14(13)9-18)21(27)23-17-5-7-19-15(8-17)11-22-24-19/h4-9,11,16H,1-3,10,12H2,(H,22,24)(H,23,27). The molecule has 1 atom stereocenters. The molecule has 1 saturated heterocycles. The largest absolute Gasteiger partial charge is 0.326 e. The van der Waals surface area contributed by atoms with Gasteiger partial charge in [0.15, 0.2) is 0 Å². The molecular formula is C21H20N4O2. The summed E-state index contributed by atoms with van der Waals surface area (Å²) in [6.45, 7) is 0.428. The highest BCUT2D eigenvalue weighted by Gasteiger charge is 2.35. The van der Waals surface area contributed by atoms with E-state index in [1.54, 1.807) is 11.1 Å². The first-order valence-electron chi connectivity index (χ1n) is 9.33. The van der Waals surface area contributed by atoms with Crippen molar-refractivity contribution >= 4 is 34.1 Å². The number of hydrogen-bond acceptors (Lipinski definition) is 3. The van der Waals surface area contributed by atoms with Crippen molar-refractivity contribution in [2.24, 2.45) is 5.92 Å². The summed E-state index contributed by atoms with van der Waals surface area (Å²) in [5, 5.41) is 10.8. The van der Waals surface area contributed by atoms with E-state index >= 15 is 0 Å². The first kappa shape index (κ1) is 16.1. The van der Waals surface area contributed by atoms with Crippen molar-refractivity contribution in [2.45, 2.75) is 25.7 Å². The lowest BCUT2D eigenvalue weighted by atomic mass is 10.1. The lowest BCUT2D eigenvalue weighted by Gasteiger charge is -2.18. The Labute approximate surface area is 156 Å². The van der Waals surface area contributed by atoms with Gasteiger partial charge in [-0.05, 0) is 60.7 Å². The molecule has 0 saturated carbocycles. The molecule has 136 valence electrons. The van der Waals surface area contributed by atoms with Crippen molar-refractivity contribution in [1.29, 1.82) is 0 Å². The molecule has 6 heteroatoms. The molecule has 0 bridgehead atoms. The number of rotatable bonds is 3. The van der Waals surface area contributed by atoms with Crippen LogP contribution in [0.1, 0.15) is 24.0 Å². The number of hydrogen-bond donors (Lipinski definition) is 2. The fourth-order valence-corrected chi connectivity index (χ4v) is 4.12.